The number of benzene rings is 3. The Balaban J connectivity index is 1.54. The lowest BCUT2D eigenvalue weighted by atomic mass is 10.0. The average Bonchev–Trinajstić information content (AvgIpc) is 2.87. The summed E-state index contributed by atoms with van der Waals surface area (Å²) in [5.74, 6) is -1.34. The lowest BCUT2D eigenvalue weighted by Crippen LogP contribution is -2.19. The summed E-state index contributed by atoms with van der Waals surface area (Å²) in [7, 11) is 0. The van der Waals surface area contributed by atoms with Crippen LogP contribution in [0.3, 0.4) is 0 Å². The molecule has 184 valence electrons. The van der Waals surface area contributed by atoms with Crippen molar-refractivity contribution in [1.29, 1.82) is 0 Å². The first kappa shape index (κ1) is 25.3. The van der Waals surface area contributed by atoms with Crippen LogP contribution >= 0.6 is 11.6 Å². The lowest BCUT2D eigenvalue weighted by Gasteiger charge is -2.11. The van der Waals surface area contributed by atoms with Crippen LogP contribution < -0.4 is 5.48 Å². The molecule has 7 nitrogen and oxygen atoms in total. The highest BCUT2D eigenvalue weighted by Crippen LogP contribution is 2.26. The molecule has 1 aromatic heterocycles. The van der Waals surface area contributed by atoms with Crippen molar-refractivity contribution in [3.8, 4) is 11.3 Å². The van der Waals surface area contributed by atoms with E-state index in [1.165, 1.54) is 0 Å². The van der Waals surface area contributed by atoms with Crippen LogP contribution in [0.5, 0.6) is 0 Å². The molecular weight excluding hydrogens is 478 g/mol. The van der Waals surface area contributed by atoms with E-state index in [0.29, 0.717) is 53.1 Å². The molecular formula is C28H26ClN3O4. The van der Waals surface area contributed by atoms with Gasteiger partial charge in [-0.05, 0) is 62.1 Å². The maximum Gasteiger partial charge on any atom is 0.356 e. The number of nitrogens with zero attached hydrogens (tertiary/aromatic N) is 2. The van der Waals surface area contributed by atoms with Gasteiger partial charge in [-0.1, -0.05) is 53.6 Å². The molecule has 0 saturated carbocycles. The third kappa shape index (κ3) is 6.65. The summed E-state index contributed by atoms with van der Waals surface area (Å²) in [6, 6.07) is 20.3. The number of fused-ring (bicyclic) bond motifs is 1. The molecule has 0 spiro atoms. The SMILES string of the molecule is Cc1ccc(CNOC(=O)c2ccc3nc(-c4ccc(Cl)cc4)c(CCCCC(=O)O)nc3c2)cc1. The first-order valence-electron chi connectivity index (χ1n) is 11.7. The topological polar surface area (TPSA) is 101 Å². The van der Waals surface area contributed by atoms with Crippen LogP contribution in [0.25, 0.3) is 22.3 Å². The minimum Gasteiger partial charge on any atom is -0.481 e. The number of nitrogens with one attached hydrogen (secondary N) is 1. The van der Waals surface area contributed by atoms with Gasteiger partial charge in [0, 0.05) is 17.0 Å². The minimum atomic E-state index is -0.823. The van der Waals surface area contributed by atoms with Crippen LogP contribution in [0.1, 0.15) is 46.4 Å². The number of hydroxylamine groups is 1. The summed E-state index contributed by atoms with van der Waals surface area (Å²) in [4.78, 5) is 38.3. The Labute approximate surface area is 214 Å². The Bertz CT molecular complexity index is 1370. The molecule has 0 bridgehead atoms. The molecule has 0 aliphatic rings. The van der Waals surface area contributed by atoms with Gasteiger partial charge in [-0.15, -0.1) is 5.48 Å². The Morgan fingerprint density at radius 1 is 0.944 bits per heavy atom. The van der Waals surface area contributed by atoms with Crippen molar-refractivity contribution >= 4 is 34.6 Å². The smallest absolute Gasteiger partial charge is 0.356 e. The Kier molecular flexibility index (Phi) is 8.25. The molecule has 0 aliphatic carbocycles. The number of unbranched alkanes of at least 4 members (excludes halogenated alkanes) is 1. The highest BCUT2D eigenvalue weighted by molar-refractivity contribution is 6.30. The predicted molar refractivity (Wildman–Crippen MR) is 139 cm³/mol. The van der Waals surface area contributed by atoms with E-state index in [-0.39, 0.29) is 6.42 Å². The van der Waals surface area contributed by atoms with Crippen molar-refractivity contribution in [2.75, 3.05) is 0 Å². The molecule has 0 atom stereocenters. The lowest BCUT2D eigenvalue weighted by molar-refractivity contribution is -0.137. The van der Waals surface area contributed by atoms with E-state index < -0.39 is 11.9 Å². The largest absolute Gasteiger partial charge is 0.481 e. The first-order chi connectivity index (χ1) is 17.4. The number of hydrogen-bond donors (Lipinski definition) is 2. The van der Waals surface area contributed by atoms with Gasteiger partial charge in [-0.25, -0.2) is 14.8 Å². The quantitative estimate of drug-likeness (QED) is 0.204. The maximum atomic E-state index is 12.6. The number of aliphatic carboxylic acids is 1. The van der Waals surface area contributed by atoms with Gasteiger partial charge in [-0.3, -0.25) is 4.79 Å². The number of aromatic nitrogens is 2. The standard InChI is InChI=1S/C28H26ClN3O4/c1-18-6-8-19(9-7-18)17-30-36-28(35)21-12-15-23-25(16-21)31-24(4-2-3-5-26(33)34)27(32-23)20-10-13-22(29)14-11-20/h6-16,30H,2-5,17H2,1H3,(H,33,34). The molecule has 4 aromatic rings. The molecule has 0 saturated heterocycles. The van der Waals surface area contributed by atoms with E-state index in [4.69, 9.17) is 31.5 Å². The number of hydrogen-bond acceptors (Lipinski definition) is 6. The molecule has 0 radical (unpaired) electrons. The van der Waals surface area contributed by atoms with Gasteiger partial charge in [-0.2, -0.15) is 0 Å². The second-order valence-corrected chi connectivity index (χ2v) is 8.96. The van der Waals surface area contributed by atoms with Gasteiger partial charge < -0.3 is 9.94 Å². The van der Waals surface area contributed by atoms with Crippen molar-refractivity contribution in [2.24, 2.45) is 0 Å². The van der Waals surface area contributed by atoms with Crippen LogP contribution in [0.15, 0.2) is 66.7 Å². The summed E-state index contributed by atoms with van der Waals surface area (Å²) >= 11 is 6.05. The van der Waals surface area contributed by atoms with Gasteiger partial charge in [0.2, 0.25) is 0 Å². The zero-order valence-electron chi connectivity index (χ0n) is 19.8. The van der Waals surface area contributed by atoms with E-state index in [2.05, 4.69) is 5.48 Å². The molecule has 0 aliphatic heterocycles. The Morgan fingerprint density at radius 3 is 2.42 bits per heavy atom. The van der Waals surface area contributed by atoms with Gasteiger partial charge >= 0.3 is 11.9 Å². The summed E-state index contributed by atoms with van der Waals surface area (Å²) in [6.45, 7) is 2.41. The first-order valence-corrected chi connectivity index (χ1v) is 12.0. The minimum absolute atomic E-state index is 0.100. The number of carbonyl (C=O) groups is 2. The molecule has 36 heavy (non-hydrogen) atoms. The van der Waals surface area contributed by atoms with Crippen LogP contribution in [0.2, 0.25) is 5.02 Å². The average molecular weight is 504 g/mol. The fourth-order valence-electron chi connectivity index (χ4n) is 3.75. The fourth-order valence-corrected chi connectivity index (χ4v) is 3.88. The summed E-state index contributed by atoms with van der Waals surface area (Å²) < 4.78 is 0. The molecule has 3 aromatic carbocycles. The fraction of sp³-hybridized carbons (Fsp3) is 0.214. The molecule has 0 amide bonds. The molecule has 8 heteroatoms. The summed E-state index contributed by atoms with van der Waals surface area (Å²) in [6.07, 6.45) is 1.84. The Hall–Kier alpha value is -3.81. The zero-order valence-corrected chi connectivity index (χ0v) is 20.6. The van der Waals surface area contributed by atoms with E-state index in [1.54, 1.807) is 30.3 Å². The monoisotopic (exact) mass is 503 g/mol. The number of aryl methyl sites for hydroxylation is 2. The van der Waals surface area contributed by atoms with Gasteiger partial charge in [0.1, 0.15) is 0 Å². The van der Waals surface area contributed by atoms with Crippen molar-refractivity contribution < 1.29 is 19.5 Å². The predicted octanol–water partition coefficient (Wildman–Crippen LogP) is 5.92. The van der Waals surface area contributed by atoms with E-state index in [9.17, 15) is 9.59 Å². The van der Waals surface area contributed by atoms with E-state index >= 15 is 0 Å². The van der Waals surface area contributed by atoms with Crippen molar-refractivity contribution in [1.82, 2.24) is 15.4 Å². The third-order valence-electron chi connectivity index (χ3n) is 5.71. The second kappa shape index (κ2) is 11.7. The van der Waals surface area contributed by atoms with Crippen molar-refractivity contribution in [2.45, 2.75) is 39.2 Å². The van der Waals surface area contributed by atoms with Crippen LogP contribution in [0, 0.1) is 6.92 Å². The number of rotatable bonds is 10. The van der Waals surface area contributed by atoms with Crippen LogP contribution in [0.4, 0.5) is 0 Å². The van der Waals surface area contributed by atoms with E-state index in [0.717, 1.165) is 22.4 Å². The number of carbonyl (C=O) groups excluding carboxylic acids is 1. The molecule has 0 fully saturated rings. The summed E-state index contributed by atoms with van der Waals surface area (Å²) in [5, 5.41) is 9.56. The van der Waals surface area contributed by atoms with Gasteiger partial charge in [0.05, 0.1) is 34.5 Å². The van der Waals surface area contributed by atoms with Crippen LogP contribution in [-0.4, -0.2) is 27.0 Å². The van der Waals surface area contributed by atoms with Gasteiger partial charge in [0.15, 0.2) is 0 Å². The normalized spacial score (nSPS) is 10.9. The van der Waals surface area contributed by atoms with Gasteiger partial charge in [0.25, 0.3) is 0 Å². The molecule has 4 rings (SSSR count). The third-order valence-corrected chi connectivity index (χ3v) is 5.96. The van der Waals surface area contributed by atoms with Crippen LogP contribution in [-0.2, 0) is 22.6 Å². The second-order valence-electron chi connectivity index (χ2n) is 8.53. The highest BCUT2D eigenvalue weighted by Gasteiger charge is 2.15. The Morgan fingerprint density at radius 2 is 1.69 bits per heavy atom. The van der Waals surface area contributed by atoms with Crippen molar-refractivity contribution in [3.05, 3.63) is 94.1 Å². The molecule has 2 N–H and O–H groups in total. The number of carboxylic acid groups (broad SMARTS) is 1. The highest BCUT2D eigenvalue weighted by atomic mass is 35.5. The zero-order chi connectivity index (χ0) is 25.5. The number of halogens is 1. The number of carboxylic acids is 1. The van der Waals surface area contributed by atoms with E-state index in [1.807, 2.05) is 43.3 Å². The summed E-state index contributed by atoms with van der Waals surface area (Å²) in [5.41, 5.74) is 8.74. The maximum absolute atomic E-state index is 12.6. The van der Waals surface area contributed by atoms with Crippen molar-refractivity contribution in [3.63, 3.8) is 0 Å². The molecule has 1 heterocycles. The molecule has 0 unspecified atom stereocenters.